The minimum atomic E-state index is 0.198. The molecule has 2 aromatic carbocycles. The van der Waals surface area contributed by atoms with Crippen LogP contribution in [0.3, 0.4) is 0 Å². The first-order chi connectivity index (χ1) is 9.61. The van der Waals surface area contributed by atoms with Gasteiger partial charge in [0, 0.05) is 10.6 Å². The SMILES string of the molecule is Cc1cccc(C)c1OC/C(=N\O)c1ccc(Cl)cc1. The third-order valence-corrected chi connectivity index (χ3v) is 3.31. The highest BCUT2D eigenvalue weighted by molar-refractivity contribution is 6.30. The highest BCUT2D eigenvalue weighted by Crippen LogP contribution is 2.22. The van der Waals surface area contributed by atoms with E-state index in [4.69, 9.17) is 21.5 Å². The molecule has 0 heterocycles. The van der Waals surface area contributed by atoms with Crippen LogP contribution >= 0.6 is 11.6 Å². The molecule has 1 N–H and O–H groups in total. The van der Waals surface area contributed by atoms with Crippen molar-refractivity contribution < 1.29 is 9.94 Å². The van der Waals surface area contributed by atoms with Gasteiger partial charge in [-0.25, -0.2) is 0 Å². The van der Waals surface area contributed by atoms with Gasteiger partial charge in [0.25, 0.3) is 0 Å². The molecule has 0 unspecified atom stereocenters. The Kier molecular flexibility index (Phi) is 4.64. The molecule has 0 radical (unpaired) electrons. The lowest BCUT2D eigenvalue weighted by atomic mass is 10.1. The van der Waals surface area contributed by atoms with Crippen LogP contribution in [0.4, 0.5) is 0 Å². The zero-order valence-corrected chi connectivity index (χ0v) is 12.2. The van der Waals surface area contributed by atoms with Gasteiger partial charge in [0.2, 0.25) is 0 Å². The smallest absolute Gasteiger partial charge is 0.134 e. The Bertz CT molecular complexity index is 601. The van der Waals surface area contributed by atoms with Gasteiger partial charge in [-0.05, 0) is 37.1 Å². The first-order valence-electron chi connectivity index (χ1n) is 6.27. The van der Waals surface area contributed by atoms with Crippen molar-refractivity contribution >= 4 is 17.3 Å². The summed E-state index contributed by atoms with van der Waals surface area (Å²) in [5.41, 5.74) is 3.35. The monoisotopic (exact) mass is 289 g/mol. The Hall–Kier alpha value is -2.00. The molecule has 0 aliphatic carbocycles. The van der Waals surface area contributed by atoms with E-state index in [1.165, 1.54) is 0 Å². The third kappa shape index (κ3) is 3.31. The van der Waals surface area contributed by atoms with E-state index in [2.05, 4.69) is 5.16 Å². The van der Waals surface area contributed by atoms with Crippen LogP contribution in [0.25, 0.3) is 0 Å². The number of oxime groups is 1. The van der Waals surface area contributed by atoms with E-state index >= 15 is 0 Å². The molecule has 2 rings (SSSR count). The van der Waals surface area contributed by atoms with Crippen LogP contribution in [0, 0.1) is 13.8 Å². The van der Waals surface area contributed by atoms with E-state index in [9.17, 15) is 0 Å². The van der Waals surface area contributed by atoms with Crippen LogP contribution in [0.5, 0.6) is 5.75 Å². The number of ether oxygens (including phenoxy) is 1. The number of para-hydroxylation sites is 1. The summed E-state index contributed by atoms with van der Waals surface area (Å²) < 4.78 is 5.78. The molecule has 0 fully saturated rings. The van der Waals surface area contributed by atoms with Crippen molar-refractivity contribution in [1.82, 2.24) is 0 Å². The Labute approximate surface area is 123 Å². The summed E-state index contributed by atoms with van der Waals surface area (Å²) >= 11 is 5.84. The van der Waals surface area contributed by atoms with Gasteiger partial charge in [-0.3, -0.25) is 0 Å². The quantitative estimate of drug-likeness (QED) is 0.520. The van der Waals surface area contributed by atoms with Gasteiger partial charge in [0.05, 0.1) is 0 Å². The van der Waals surface area contributed by atoms with Gasteiger partial charge in [0.15, 0.2) is 0 Å². The van der Waals surface area contributed by atoms with Gasteiger partial charge in [-0.2, -0.15) is 0 Å². The molecule has 0 aliphatic rings. The highest BCUT2D eigenvalue weighted by Gasteiger charge is 2.08. The molecule has 3 nitrogen and oxygen atoms in total. The second-order valence-electron chi connectivity index (χ2n) is 4.56. The summed E-state index contributed by atoms with van der Waals surface area (Å²) in [5, 5.41) is 13.1. The van der Waals surface area contributed by atoms with Crippen molar-refractivity contribution in [2.75, 3.05) is 6.61 Å². The lowest BCUT2D eigenvalue weighted by Crippen LogP contribution is -2.14. The molecule has 2 aromatic rings. The largest absolute Gasteiger partial charge is 0.487 e. The highest BCUT2D eigenvalue weighted by atomic mass is 35.5. The molecular formula is C16H16ClNO2. The molecule has 20 heavy (non-hydrogen) atoms. The summed E-state index contributed by atoms with van der Waals surface area (Å²) in [6.07, 6.45) is 0. The second kappa shape index (κ2) is 6.44. The lowest BCUT2D eigenvalue weighted by molar-refractivity contribution is 0.307. The van der Waals surface area contributed by atoms with Crippen molar-refractivity contribution in [2.45, 2.75) is 13.8 Å². The number of benzene rings is 2. The van der Waals surface area contributed by atoms with Crippen molar-refractivity contribution in [3.05, 3.63) is 64.2 Å². The Balaban J connectivity index is 2.14. The van der Waals surface area contributed by atoms with Crippen molar-refractivity contribution in [2.24, 2.45) is 5.16 Å². The lowest BCUT2D eigenvalue weighted by Gasteiger charge is -2.12. The van der Waals surface area contributed by atoms with Crippen LogP contribution < -0.4 is 4.74 Å². The summed E-state index contributed by atoms with van der Waals surface area (Å²) in [6, 6.07) is 13.1. The Morgan fingerprint density at radius 1 is 1.10 bits per heavy atom. The summed E-state index contributed by atoms with van der Waals surface area (Å²) in [5.74, 6) is 0.822. The zero-order chi connectivity index (χ0) is 14.5. The van der Waals surface area contributed by atoms with Gasteiger partial charge in [0.1, 0.15) is 18.1 Å². The van der Waals surface area contributed by atoms with Crippen LogP contribution in [0.2, 0.25) is 5.02 Å². The number of halogens is 1. The predicted molar refractivity (Wildman–Crippen MR) is 81.2 cm³/mol. The fourth-order valence-corrected chi connectivity index (χ4v) is 2.11. The number of hydrogen-bond donors (Lipinski definition) is 1. The maximum absolute atomic E-state index is 9.14. The third-order valence-electron chi connectivity index (χ3n) is 3.06. The number of hydrogen-bond acceptors (Lipinski definition) is 3. The molecule has 0 aromatic heterocycles. The van der Waals surface area contributed by atoms with Gasteiger partial charge < -0.3 is 9.94 Å². The van der Waals surface area contributed by atoms with Crippen LogP contribution in [0.15, 0.2) is 47.6 Å². The first-order valence-corrected chi connectivity index (χ1v) is 6.65. The maximum Gasteiger partial charge on any atom is 0.134 e. The predicted octanol–water partition coefficient (Wildman–Crippen LogP) is 4.21. The van der Waals surface area contributed by atoms with Gasteiger partial charge >= 0.3 is 0 Å². The molecule has 0 atom stereocenters. The standard InChI is InChI=1S/C16H16ClNO2/c1-11-4-3-5-12(2)16(11)20-10-15(18-19)13-6-8-14(17)9-7-13/h3-9,19H,10H2,1-2H3/b18-15+. The minimum Gasteiger partial charge on any atom is -0.487 e. The van der Waals surface area contributed by atoms with Crippen molar-refractivity contribution in [3.8, 4) is 5.75 Å². The molecule has 104 valence electrons. The number of aryl methyl sites for hydroxylation is 2. The van der Waals surface area contributed by atoms with E-state index in [0.29, 0.717) is 10.7 Å². The number of rotatable bonds is 4. The summed E-state index contributed by atoms with van der Waals surface area (Å²) in [6.45, 7) is 4.17. The molecule has 0 saturated heterocycles. The van der Waals surface area contributed by atoms with Crippen LogP contribution in [-0.4, -0.2) is 17.5 Å². The van der Waals surface area contributed by atoms with E-state index in [-0.39, 0.29) is 6.61 Å². The molecule has 0 saturated carbocycles. The van der Waals surface area contributed by atoms with Crippen molar-refractivity contribution in [3.63, 3.8) is 0 Å². The van der Waals surface area contributed by atoms with Crippen molar-refractivity contribution in [1.29, 1.82) is 0 Å². The molecule has 4 heteroatoms. The summed E-state index contributed by atoms with van der Waals surface area (Å²) in [7, 11) is 0. The molecular weight excluding hydrogens is 274 g/mol. The van der Waals surface area contributed by atoms with E-state index in [1.54, 1.807) is 24.3 Å². The average molecular weight is 290 g/mol. The zero-order valence-electron chi connectivity index (χ0n) is 11.4. The van der Waals surface area contributed by atoms with E-state index < -0.39 is 0 Å². The van der Waals surface area contributed by atoms with Crippen LogP contribution in [0.1, 0.15) is 16.7 Å². The van der Waals surface area contributed by atoms with Crippen LogP contribution in [-0.2, 0) is 0 Å². The van der Waals surface area contributed by atoms with Gasteiger partial charge in [-0.1, -0.05) is 47.1 Å². The maximum atomic E-state index is 9.14. The Morgan fingerprint density at radius 2 is 1.70 bits per heavy atom. The fraction of sp³-hybridized carbons (Fsp3) is 0.188. The molecule has 0 amide bonds. The molecule has 0 aliphatic heterocycles. The molecule has 0 spiro atoms. The van der Waals surface area contributed by atoms with Gasteiger partial charge in [-0.15, -0.1) is 0 Å². The molecule has 0 bridgehead atoms. The number of nitrogens with zero attached hydrogens (tertiary/aromatic N) is 1. The Morgan fingerprint density at radius 3 is 2.25 bits per heavy atom. The van der Waals surface area contributed by atoms with E-state index in [0.717, 1.165) is 22.4 Å². The first kappa shape index (κ1) is 14.4. The fourth-order valence-electron chi connectivity index (χ4n) is 1.98. The topological polar surface area (TPSA) is 41.8 Å². The summed E-state index contributed by atoms with van der Waals surface area (Å²) in [4.78, 5) is 0. The minimum absolute atomic E-state index is 0.198. The van der Waals surface area contributed by atoms with E-state index in [1.807, 2.05) is 32.0 Å². The normalized spacial score (nSPS) is 11.4. The second-order valence-corrected chi connectivity index (χ2v) is 5.00. The average Bonchev–Trinajstić information content (AvgIpc) is 2.44.